The Bertz CT molecular complexity index is 543. The van der Waals surface area contributed by atoms with E-state index in [2.05, 4.69) is 33.5 Å². The fraction of sp³-hybridized carbons (Fsp3) is 0.471. The SMILES string of the molecule is OC[C@@]1(CCc2cccs2)CCN(Cc2cccnc2)C1. The number of thiophene rings is 1. The molecule has 1 aliphatic rings. The van der Waals surface area contributed by atoms with Crippen LogP contribution in [-0.2, 0) is 13.0 Å². The number of aryl methyl sites for hydroxylation is 1. The monoisotopic (exact) mass is 302 g/mol. The molecule has 0 aromatic carbocycles. The van der Waals surface area contributed by atoms with Crippen LogP contribution in [0, 0.1) is 5.41 Å². The van der Waals surface area contributed by atoms with E-state index in [1.165, 1.54) is 10.4 Å². The Morgan fingerprint density at radius 1 is 1.33 bits per heavy atom. The molecule has 0 unspecified atom stereocenters. The van der Waals surface area contributed by atoms with Crippen molar-refractivity contribution in [2.75, 3.05) is 19.7 Å². The summed E-state index contributed by atoms with van der Waals surface area (Å²) in [7, 11) is 0. The summed E-state index contributed by atoms with van der Waals surface area (Å²) in [6.45, 7) is 3.29. The van der Waals surface area contributed by atoms with Gasteiger partial charge in [-0.2, -0.15) is 0 Å². The van der Waals surface area contributed by atoms with Gasteiger partial charge < -0.3 is 5.11 Å². The molecule has 0 aliphatic carbocycles. The Morgan fingerprint density at radius 3 is 3.00 bits per heavy atom. The molecule has 1 atom stereocenters. The maximum absolute atomic E-state index is 9.89. The second-order valence-electron chi connectivity index (χ2n) is 6.06. The molecule has 1 fully saturated rings. The highest BCUT2D eigenvalue weighted by atomic mass is 32.1. The molecule has 0 saturated carbocycles. The Hall–Kier alpha value is -1.23. The number of hydrogen-bond donors (Lipinski definition) is 1. The molecule has 3 nitrogen and oxygen atoms in total. The van der Waals surface area contributed by atoms with E-state index in [-0.39, 0.29) is 5.41 Å². The van der Waals surface area contributed by atoms with E-state index in [4.69, 9.17) is 0 Å². The molecule has 4 heteroatoms. The lowest BCUT2D eigenvalue weighted by molar-refractivity contribution is 0.118. The van der Waals surface area contributed by atoms with E-state index in [9.17, 15) is 5.11 Å². The molecule has 3 rings (SSSR count). The molecule has 3 heterocycles. The van der Waals surface area contributed by atoms with E-state index >= 15 is 0 Å². The summed E-state index contributed by atoms with van der Waals surface area (Å²) in [4.78, 5) is 8.05. The van der Waals surface area contributed by atoms with Gasteiger partial charge in [0.15, 0.2) is 0 Å². The predicted molar refractivity (Wildman–Crippen MR) is 86.3 cm³/mol. The van der Waals surface area contributed by atoms with Crippen LogP contribution in [0.2, 0.25) is 0 Å². The Morgan fingerprint density at radius 2 is 2.29 bits per heavy atom. The molecule has 2 aromatic heterocycles. The van der Waals surface area contributed by atoms with Crippen LogP contribution in [0.4, 0.5) is 0 Å². The van der Waals surface area contributed by atoms with Crippen molar-refractivity contribution in [1.82, 2.24) is 9.88 Å². The van der Waals surface area contributed by atoms with Gasteiger partial charge in [-0.1, -0.05) is 12.1 Å². The molecule has 0 spiro atoms. The van der Waals surface area contributed by atoms with E-state index in [1.807, 2.05) is 29.8 Å². The first-order valence-electron chi connectivity index (χ1n) is 7.54. The molecule has 2 aromatic rings. The minimum absolute atomic E-state index is 0.0756. The number of nitrogens with zero attached hydrogens (tertiary/aromatic N) is 2. The Labute approximate surface area is 130 Å². The van der Waals surface area contributed by atoms with Gasteiger partial charge in [-0.3, -0.25) is 9.88 Å². The van der Waals surface area contributed by atoms with E-state index in [0.717, 1.165) is 38.9 Å². The van der Waals surface area contributed by atoms with Gasteiger partial charge in [0.05, 0.1) is 0 Å². The third kappa shape index (κ3) is 3.70. The standard InChI is InChI=1S/C17H22N2OS/c20-14-17(6-5-16-4-2-10-21-16)7-9-19(13-17)12-15-3-1-8-18-11-15/h1-4,8,10-11,20H,5-7,9,12-14H2/t17-/m0/s1. The highest BCUT2D eigenvalue weighted by Crippen LogP contribution is 2.35. The third-order valence-corrected chi connectivity index (χ3v) is 5.40. The minimum Gasteiger partial charge on any atom is -0.396 e. The summed E-state index contributed by atoms with van der Waals surface area (Å²) in [6.07, 6.45) is 7.00. The minimum atomic E-state index is 0.0756. The molecule has 1 aliphatic heterocycles. The lowest BCUT2D eigenvalue weighted by atomic mass is 9.83. The van der Waals surface area contributed by atoms with Crippen molar-refractivity contribution in [3.8, 4) is 0 Å². The fourth-order valence-corrected chi connectivity index (χ4v) is 3.88. The number of pyridine rings is 1. The average molecular weight is 302 g/mol. The van der Waals surface area contributed by atoms with Crippen molar-refractivity contribution in [1.29, 1.82) is 0 Å². The van der Waals surface area contributed by atoms with Crippen molar-refractivity contribution in [3.05, 3.63) is 52.5 Å². The van der Waals surface area contributed by atoms with Crippen LogP contribution in [0.15, 0.2) is 42.0 Å². The van der Waals surface area contributed by atoms with Crippen molar-refractivity contribution < 1.29 is 5.11 Å². The van der Waals surface area contributed by atoms with Crippen LogP contribution >= 0.6 is 11.3 Å². The molecule has 0 radical (unpaired) electrons. The quantitative estimate of drug-likeness (QED) is 0.891. The summed E-state index contributed by atoms with van der Waals surface area (Å²) in [5, 5.41) is 12.0. The fourth-order valence-electron chi connectivity index (χ4n) is 3.17. The van der Waals surface area contributed by atoms with Gasteiger partial charge in [0, 0.05) is 42.4 Å². The average Bonchev–Trinajstić information content (AvgIpc) is 3.17. The summed E-state index contributed by atoms with van der Waals surface area (Å²) in [5.74, 6) is 0. The van der Waals surface area contributed by atoms with Crippen LogP contribution in [0.5, 0.6) is 0 Å². The first-order chi connectivity index (χ1) is 10.3. The summed E-state index contributed by atoms with van der Waals surface area (Å²) < 4.78 is 0. The van der Waals surface area contributed by atoms with E-state index in [0.29, 0.717) is 6.61 Å². The number of aromatic nitrogens is 1. The van der Waals surface area contributed by atoms with Gasteiger partial charge in [0.25, 0.3) is 0 Å². The highest BCUT2D eigenvalue weighted by Gasteiger charge is 2.37. The molecular formula is C17H22N2OS. The van der Waals surface area contributed by atoms with Crippen LogP contribution in [0.3, 0.4) is 0 Å². The number of aliphatic hydroxyl groups excluding tert-OH is 1. The molecule has 0 bridgehead atoms. The van der Waals surface area contributed by atoms with Crippen molar-refractivity contribution in [2.45, 2.75) is 25.8 Å². The zero-order valence-corrected chi connectivity index (χ0v) is 13.1. The van der Waals surface area contributed by atoms with E-state index in [1.54, 1.807) is 0 Å². The van der Waals surface area contributed by atoms with E-state index < -0.39 is 0 Å². The molecule has 21 heavy (non-hydrogen) atoms. The first kappa shape index (κ1) is 14.7. The lowest BCUT2D eigenvalue weighted by Crippen LogP contribution is -2.30. The molecule has 1 N–H and O–H groups in total. The number of likely N-dealkylation sites (tertiary alicyclic amines) is 1. The summed E-state index contributed by atoms with van der Waals surface area (Å²) in [6, 6.07) is 8.41. The summed E-state index contributed by atoms with van der Waals surface area (Å²) >= 11 is 1.82. The largest absolute Gasteiger partial charge is 0.396 e. The second-order valence-corrected chi connectivity index (χ2v) is 7.09. The number of hydrogen-bond acceptors (Lipinski definition) is 4. The summed E-state index contributed by atoms with van der Waals surface area (Å²) in [5.41, 5.74) is 1.33. The van der Waals surface area contributed by atoms with Gasteiger partial charge in [0.1, 0.15) is 0 Å². The van der Waals surface area contributed by atoms with Crippen molar-refractivity contribution >= 4 is 11.3 Å². The van der Waals surface area contributed by atoms with Crippen LogP contribution in [0.25, 0.3) is 0 Å². The molecular weight excluding hydrogens is 280 g/mol. The van der Waals surface area contributed by atoms with Crippen molar-refractivity contribution in [2.24, 2.45) is 5.41 Å². The number of aliphatic hydroxyl groups is 1. The van der Waals surface area contributed by atoms with Crippen LogP contribution < -0.4 is 0 Å². The van der Waals surface area contributed by atoms with Crippen LogP contribution in [-0.4, -0.2) is 34.7 Å². The highest BCUT2D eigenvalue weighted by molar-refractivity contribution is 7.09. The zero-order valence-electron chi connectivity index (χ0n) is 12.2. The smallest absolute Gasteiger partial charge is 0.0500 e. The topological polar surface area (TPSA) is 36.4 Å². The van der Waals surface area contributed by atoms with Gasteiger partial charge in [-0.15, -0.1) is 11.3 Å². The van der Waals surface area contributed by atoms with Crippen LogP contribution in [0.1, 0.15) is 23.3 Å². The predicted octanol–water partition coefficient (Wildman–Crippen LogP) is 2.96. The van der Waals surface area contributed by atoms with Gasteiger partial charge in [-0.25, -0.2) is 0 Å². The Kier molecular flexibility index (Phi) is 4.68. The van der Waals surface area contributed by atoms with Gasteiger partial charge in [-0.05, 0) is 48.9 Å². The third-order valence-electron chi connectivity index (χ3n) is 4.46. The van der Waals surface area contributed by atoms with Gasteiger partial charge in [0.2, 0.25) is 0 Å². The lowest BCUT2D eigenvalue weighted by Gasteiger charge is -2.27. The maximum Gasteiger partial charge on any atom is 0.0500 e. The van der Waals surface area contributed by atoms with Gasteiger partial charge >= 0.3 is 0 Å². The Balaban J connectivity index is 1.57. The molecule has 0 amide bonds. The second kappa shape index (κ2) is 6.69. The number of rotatable bonds is 6. The normalized spacial score (nSPS) is 22.7. The molecule has 1 saturated heterocycles. The zero-order chi connectivity index (χ0) is 14.5. The molecule has 112 valence electrons. The van der Waals surface area contributed by atoms with Crippen molar-refractivity contribution in [3.63, 3.8) is 0 Å². The first-order valence-corrected chi connectivity index (χ1v) is 8.42. The maximum atomic E-state index is 9.89.